The summed E-state index contributed by atoms with van der Waals surface area (Å²) in [6.07, 6.45) is 0. The molecule has 0 aliphatic carbocycles. The summed E-state index contributed by atoms with van der Waals surface area (Å²) in [6, 6.07) is 0. The van der Waals surface area contributed by atoms with Crippen LogP contribution in [0.25, 0.3) is 0 Å². The van der Waals surface area contributed by atoms with Crippen LogP contribution in [0.4, 0.5) is 0 Å². The van der Waals surface area contributed by atoms with Gasteiger partial charge < -0.3 is 5.32 Å². The third-order valence-electron chi connectivity index (χ3n) is 1.61. The van der Waals surface area contributed by atoms with Crippen molar-refractivity contribution in [3.05, 3.63) is 0 Å². The largest absolute Gasteiger partial charge is 0.314 e. The summed E-state index contributed by atoms with van der Waals surface area (Å²) in [5.41, 5.74) is 0. The Labute approximate surface area is 67.5 Å². The SMILES string of the molecule is C[C@H]1CNCCS1(=O)=O.Cl. The van der Waals surface area contributed by atoms with Crippen molar-refractivity contribution in [1.29, 1.82) is 0 Å². The molecule has 1 saturated heterocycles. The fourth-order valence-electron chi connectivity index (χ4n) is 0.848. The molecule has 1 atom stereocenters. The van der Waals surface area contributed by atoms with Gasteiger partial charge in [-0.3, -0.25) is 0 Å². The highest BCUT2D eigenvalue weighted by Crippen LogP contribution is 2.03. The lowest BCUT2D eigenvalue weighted by molar-refractivity contribution is 0.554. The summed E-state index contributed by atoms with van der Waals surface area (Å²) >= 11 is 0. The molecule has 1 aliphatic rings. The van der Waals surface area contributed by atoms with Crippen molar-refractivity contribution < 1.29 is 8.42 Å². The first-order valence-electron chi connectivity index (χ1n) is 3.05. The van der Waals surface area contributed by atoms with Crippen LogP contribution in [0.5, 0.6) is 0 Å². The molecule has 0 aromatic heterocycles. The summed E-state index contributed by atoms with van der Waals surface area (Å²) in [4.78, 5) is 0. The lowest BCUT2D eigenvalue weighted by atomic mass is 10.4. The number of hydrogen-bond acceptors (Lipinski definition) is 3. The molecule has 0 aromatic carbocycles. The van der Waals surface area contributed by atoms with Gasteiger partial charge in [0.25, 0.3) is 0 Å². The average molecular weight is 186 g/mol. The predicted octanol–water partition coefficient (Wildman–Crippen LogP) is -0.185. The molecule has 1 fully saturated rings. The van der Waals surface area contributed by atoms with Crippen LogP contribution in [0.1, 0.15) is 6.92 Å². The second-order valence-corrected chi connectivity index (χ2v) is 4.92. The summed E-state index contributed by atoms with van der Waals surface area (Å²) in [6.45, 7) is 2.97. The Bertz CT molecular complexity index is 190. The minimum absolute atomic E-state index is 0. The molecule has 0 radical (unpaired) electrons. The van der Waals surface area contributed by atoms with E-state index in [2.05, 4.69) is 5.32 Å². The van der Waals surface area contributed by atoms with E-state index in [4.69, 9.17) is 0 Å². The van der Waals surface area contributed by atoms with Gasteiger partial charge in [-0.15, -0.1) is 12.4 Å². The Hall–Kier alpha value is 0.200. The topological polar surface area (TPSA) is 46.2 Å². The summed E-state index contributed by atoms with van der Waals surface area (Å²) in [5.74, 6) is 0.300. The third kappa shape index (κ3) is 2.11. The van der Waals surface area contributed by atoms with E-state index in [1.54, 1.807) is 6.92 Å². The summed E-state index contributed by atoms with van der Waals surface area (Å²) in [5, 5.41) is 2.82. The molecule has 62 valence electrons. The van der Waals surface area contributed by atoms with Crippen LogP contribution in [-0.4, -0.2) is 32.5 Å². The summed E-state index contributed by atoms with van der Waals surface area (Å²) in [7, 11) is -2.72. The Kier molecular flexibility index (Phi) is 3.62. The van der Waals surface area contributed by atoms with Crippen LogP contribution in [0, 0.1) is 0 Å². The van der Waals surface area contributed by atoms with Gasteiger partial charge >= 0.3 is 0 Å². The first-order chi connectivity index (χ1) is 4.13. The van der Waals surface area contributed by atoms with Crippen LogP contribution < -0.4 is 5.32 Å². The molecule has 0 amide bonds. The molecule has 5 heteroatoms. The van der Waals surface area contributed by atoms with Crippen LogP contribution in [0.2, 0.25) is 0 Å². The molecule has 10 heavy (non-hydrogen) atoms. The number of halogens is 1. The fraction of sp³-hybridized carbons (Fsp3) is 1.00. The van der Waals surface area contributed by atoms with E-state index in [9.17, 15) is 8.42 Å². The van der Waals surface area contributed by atoms with Crippen LogP contribution in [0.15, 0.2) is 0 Å². The molecule has 1 aliphatic heterocycles. The van der Waals surface area contributed by atoms with Crippen molar-refractivity contribution in [2.24, 2.45) is 0 Å². The number of nitrogens with one attached hydrogen (secondary N) is 1. The third-order valence-corrected chi connectivity index (χ3v) is 3.77. The van der Waals surface area contributed by atoms with Crippen molar-refractivity contribution in [1.82, 2.24) is 5.32 Å². The molecular formula is C5H12ClNO2S. The van der Waals surface area contributed by atoms with Gasteiger partial charge in [0.2, 0.25) is 0 Å². The van der Waals surface area contributed by atoms with E-state index in [1.807, 2.05) is 0 Å². The van der Waals surface area contributed by atoms with E-state index in [0.29, 0.717) is 18.8 Å². The number of hydrogen-bond donors (Lipinski definition) is 1. The lowest BCUT2D eigenvalue weighted by Gasteiger charge is -2.18. The minimum Gasteiger partial charge on any atom is -0.314 e. The normalized spacial score (nSPS) is 30.7. The Morgan fingerprint density at radius 1 is 1.50 bits per heavy atom. The quantitative estimate of drug-likeness (QED) is 0.570. The van der Waals surface area contributed by atoms with Gasteiger partial charge in [0.05, 0.1) is 11.0 Å². The predicted molar refractivity (Wildman–Crippen MR) is 43.4 cm³/mol. The van der Waals surface area contributed by atoms with E-state index >= 15 is 0 Å². The van der Waals surface area contributed by atoms with E-state index < -0.39 is 9.84 Å². The standard InChI is InChI=1S/C5H11NO2S.ClH/c1-5-4-6-2-3-9(5,7)8;/h5-6H,2-4H2,1H3;1H/t5-;/m0./s1. The van der Waals surface area contributed by atoms with Crippen molar-refractivity contribution >= 4 is 22.2 Å². The molecule has 3 nitrogen and oxygen atoms in total. The van der Waals surface area contributed by atoms with Crippen LogP contribution in [-0.2, 0) is 9.84 Å². The summed E-state index contributed by atoms with van der Waals surface area (Å²) < 4.78 is 21.9. The molecule has 0 spiro atoms. The van der Waals surface area contributed by atoms with E-state index in [0.717, 1.165) is 0 Å². The smallest absolute Gasteiger partial charge is 0.155 e. The zero-order valence-electron chi connectivity index (χ0n) is 5.83. The van der Waals surface area contributed by atoms with Gasteiger partial charge in [0.1, 0.15) is 0 Å². The Morgan fingerprint density at radius 3 is 2.40 bits per heavy atom. The maximum Gasteiger partial charge on any atom is 0.155 e. The van der Waals surface area contributed by atoms with Crippen molar-refractivity contribution in [2.75, 3.05) is 18.8 Å². The molecule has 0 unspecified atom stereocenters. The Morgan fingerprint density at radius 2 is 2.10 bits per heavy atom. The van der Waals surface area contributed by atoms with E-state index in [1.165, 1.54) is 0 Å². The monoisotopic (exact) mass is 185 g/mol. The molecule has 0 bridgehead atoms. The average Bonchev–Trinajstić information content (AvgIpc) is 1.77. The highest BCUT2D eigenvalue weighted by molar-refractivity contribution is 7.92. The lowest BCUT2D eigenvalue weighted by Crippen LogP contribution is -2.42. The van der Waals surface area contributed by atoms with Gasteiger partial charge in [0, 0.05) is 13.1 Å². The van der Waals surface area contributed by atoms with Crippen molar-refractivity contribution in [3.8, 4) is 0 Å². The minimum atomic E-state index is -2.72. The van der Waals surface area contributed by atoms with Gasteiger partial charge in [-0.05, 0) is 6.92 Å². The molecular weight excluding hydrogens is 174 g/mol. The van der Waals surface area contributed by atoms with Crippen molar-refractivity contribution in [3.63, 3.8) is 0 Å². The zero-order chi connectivity index (χ0) is 6.91. The first-order valence-corrected chi connectivity index (χ1v) is 4.77. The van der Waals surface area contributed by atoms with Gasteiger partial charge in [-0.25, -0.2) is 8.42 Å². The van der Waals surface area contributed by atoms with E-state index in [-0.39, 0.29) is 17.7 Å². The van der Waals surface area contributed by atoms with Crippen LogP contribution >= 0.6 is 12.4 Å². The highest BCUT2D eigenvalue weighted by Gasteiger charge is 2.23. The second-order valence-electron chi connectivity index (χ2n) is 2.38. The molecule has 1 N–H and O–H groups in total. The second kappa shape index (κ2) is 3.55. The maximum atomic E-state index is 10.9. The number of rotatable bonds is 0. The maximum absolute atomic E-state index is 10.9. The van der Waals surface area contributed by atoms with Crippen LogP contribution in [0.3, 0.4) is 0 Å². The molecule has 1 rings (SSSR count). The molecule has 0 aromatic rings. The highest BCUT2D eigenvalue weighted by atomic mass is 35.5. The Balaban J connectivity index is 0.000000810. The first kappa shape index (κ1) is 10.2. The van der Waals surface area contributed by atoms with Gasteiger partial charge in [-0.1, -0.05) is 0 Å². The van der Waals surface area contributed by atoms with Crippen molar-refractivity contribution in [2.45, 2.75) is 12.2 Å². The number of sulfone groups is 1. The van der Waals surface area contributed by atoms with Gasteiger partial charge in [0.15, 0.2) is 9.84 Å². The fourth-order valence-corrected chi connectivity index (χ4v) is 2.05. The molecule has 1 heterocycles. The molecule has 0 saturated carbocycles. The van der Waals surface area contributed by atoms with Gasteiger partial charge in [-0.2, -0.15) is 0 Å². The zero-order valence-corrected chi connectivity index (χ0v) is 7.46.